The van der Waals surface area contributed by atoms with Crippen LogP contribution in [-0.4, -0.2) is 5.91 Å². The average Bonchev–Trinajstić information content (AvgIpc) is 2.49. The van der Waals surface area contributed by atoms with Gasteiger partial charge in [-0.15, -0.1) is 0 Å². The second-order valence-electron chi connectivity index (χ2n) is 5.08. The number of hydrogen-bond donors (Lipinski definition) is 3. The van der Waals surface area contributed by atoms with Gasteiger partial charge >= 0.3 is 0 Å². The van der Waals surface area contributed by atoms with Gasteiger partial charge in [0.15, 0.2) is 0 Å². The van der Waals surface area contributed by atoms with Crippen molar-refractivity contribution in [1.82, 2.24) is 0 Å². The Hall–Kier alpha value is -2.33. The van der Waals surface area contributed by atoms with E-state index in [4.69, 9.17) is 5.84 Å². The predicted octanol–water partition coefficient (Wildman–Crippen LogP) is 3.49. The first-order valence-electron chi connectivity index (χ1n) is 7.11. The molecule has 4 heteroatoms. The Bertz CT molecular complexity index is 620. The lowest BCUT2D eigenvalue weighted by molar-refractivity contribution is 0.102. The van der Waals surface area contributed by atoms with Crippen LogP contribution in [0.3, 0.4) is 0 Å². The minimum absolute atomic E-state index is 0.112. The van der Waals surface area contributed by atoms with Crippen LogP contribution in [0, 0.1) is 6.92 Å². The van der Waals surface area contributed by atoms with Gasteiger partial charge in [-0.05, 0) is 54.8 Å². The van der Waals surface area contributed by atoms with E-state index in [1.807, 2.05) is 37.3 Å². The summed E-state index contributed by atoms with van der Waals surface area (Å²) in [5.41, 5.74) is 6.97. The van der Waals surface area contributed by atoms with Gasteiger partial charge in [-0.1, -0.05) is 25.5 Å². The Morgan fingerprint density at radius 1 is 1.10 bits per heavy atom. The predicted molar refractivity (Wildman–Crippen MR) is 87.4 cm³/mol. The monoisotopic (exact) mass is 283 g/mol. The van der Waals surface area contributed by atoms with Crippen LogP contribution >= 0.6 is 0 Å². The van der Waals surface area contributed by atoms with Crippen LogP contribution in [0.5, 0.6) is 0 Å². The number of hydrazine groups is 1. The third-order valence-electron chi connectivity index (χ3n) is 3.39. The molecule has 0 unspecified atom stereocenters. The number of hydrogen-bond acceptors (Lipinski definition) is 3. The number of aryl methyl sites for hydroxylation is 2. The maximum Gasteiger partial charge on any atom is 0.255 e. The van der Waals surface area contributed by atoms with Crippen molar-refractivity contribution in [3.8, 4) is 0 Å². The molecule has 21 heavy (non-hydrogen) atoms. The van der Waals surface area contributed by atoms with Crippen LogP contribution in [0.25, 0.3) is 0 Å². The van der Waals surface area contributed by atoms with Gasteiger partial charge in [-0.3, -0.25) is 10.6 Å². The maximum absolute atomic E-state index is 12.3. The van der Waals surface area contributed by atoms with Crippen molar-refractivity contribution in [2.45, 2.75) is 26.7 Å². The summed E-state index contributed by atoms with van der Waals surface area (Å²) in [5.74, 6) is 5.24. The van der Waals surface area contributed by atoms with Crippen LogP contribution in [0.4, 0.5) is 11.4 Å². The standard InChI is InChI=1S/C17H21N3O/c1-3-4-13-5-7-14(8-6-13)19-17(21)16-10-9-15(20-18)11-12(16)2/h5-11,20H,3-4,18H2,1-2H3,(H,19,21). The van der Waals surface area contributed by atoms with Crippen LogP contribution in [-0.2, 0) is 6.42 Å². The Morgan fingerprint density at radius 3 is 2.33 bits per heavy atom. The van der Waals surface area contributed by atoms with E-state index in [2.05, 4.69) is 17.7 Å². The topological polar surface area (TPSA) is 67.2 Å². The average molecular weight is 283 g/mol. The lowest BCUT2D eigenvalue weighted by Gasteiger charge is -2.10. The molecular weight excluding hydrogens is 262 g/mol. The van der Waals surface area contributed by atoms with E-state index in [1.54, 1.807) is 12.1 Å². The molecular formula is C17H21N3O. The van der Waals surface area contributed by atoms with Gasteiger partial charge < -0.3 is 10.7 Å². The van der Waals surface area contributed by atoms with Gasteiger partial charge in [-0.2, -0.15) is 0 Å². The number of nitrogens with two attached hydrogens (primary N) is 1. The smallest absolute Gasteiger partial charge is 0.255 e. The molecule has 4 nitrogen and oxygen atoms in total. The molecule has 0 aliphatic rings. The normalized spacial score (nSPS) is 10.2. The summed E-state index contributed by atoms with van der Waals surface area (Å²) in [6, 6.07) is 13.4. The van der Waals surface area contributed by atoms with E-state index >= 15 is 0 Å². The van der Waals surface area contributed by atoms with Gasteiger partial charge in [0.1, 0.15) is 0 Å². The highest BCUT2D eigenvalue weighted by Crippen LogP contribution is 2.17. The lowest BCUT2D eigenvalue weighted by atomic mass is 10.1. The Morgan fingerprint density at radius 2 is 1.76 bits per heavy atom. The zero-order chi connectivity index (χ0) is 15.2. The molecule has 0 aromatic heterocycles. The van der Waals surface area contributed by atoms with Crippen LogP contribution in [0.2, 0.25) is 0 Å². The van der Waals surface area contributed by atoms with Crippen molar-refractivity contribution < 1.29 is 4.79 Å². The highest BCUT2D eigenvalue weighted by atomic mass is 16.1. The van der Waals surface area contributed by atoms with E-state index in [9.17, 15) is 4.79 Å². The summed E-state index contributed by atoms with van der Waals surface area (Å²) in [7, 11) is 0. The van der Waals surface area contributed by atoms with Crippen molar-refractivity contribution in [2.75, 3.05) is 10.7 Å². The fourth-order valence-electron chi connectivity index (χ4n) is 2.25. The number of rotatable bonds is 5. The fourth-order valence-corrected chi connectivity index (χ4v) is 2.25. The highest BCUT2D eigenvalue weighted by Gasteiger charge is 2.09. The van der Waals surface area contributed by atoms with Gasteiger partial charge in [0.05, 0.1) is 0 Å². The molecule has 2 rings (SSSR count). The zero-order valence-corrected chi connectivity index (χ0v) is 12.4. The zero-order valence-electron chi connectivity index (χ0n) is 12.4. The second kappa shape index (κ2) is 6.90. The summed E-state index contributed by atoms with van der Waals surface area (Å²) in [5, 5.41) is 2.92. The first kappa shape index (κ1) is 15.1. The molecule has 0 radical (unpaired) electrons. The first-order chi connectivity index (χ1) is 10.1. The number of amides is 1. The molecule has 2 aromatic carbocycles. The number of nitrogen functional groups attached to an aromatic ring is 1. The summed E-state index contributed by atoms with van der Waals surface area (Å²) < 4.78 is 0. The molecule has 2 aromatic rings. The fraction of sp³-hybridized carbons (Fsp3) is 0.235. The van der Waals surface area contributed by atoms with E-state index in [0.717, 1.165) is 29.8 Å². The lowest BCUT2D eigenvalue weighted by Crippen LogP contribution is -2.14. The maximum atomic E-state index is 12.3. The Kier molecular flexibility index (Phi) is 4.95. The molecule has 0 spiro atoms. The van der Waals surface area contributed by atoms with Gasteiger partial charge in [-0.25, -0.2) is 0 Å². The molecule has 0 saturated carbocycles. The highest BCUT2D eigenvalue weighted by molar-refractivity contribution is 6.05. The van der Waals surface area contributed by atoms with E-state index in [-0.39, 0.29) is 5.91 Å². The Balaban J connectivity index is 2.10. The molecule has 0 aliphatic carbocycles. The molecule has 0 saturated heterocycles. The Labute approximate surface area is 125 Å². The van der Waals surface area contributed by atoms with Gasteiger partial charge in [0.2, 0.25) is 0 Å². The number of anilines is 2. The molecule has 0 fully saturated rings. The second-order valence-corrected chi connectivity index (χ2v) is 5.08. The summed E-state index contributed by atoms with van der Waals surface area (Å²) in [6.45, 7) is 4.04. The SMILES string of the molecule is CCCc1ccc(NC(=O)c2ccc(NN)cc2C)cc1. The molecule has 0 aliphatic heterocycles. The molecule has 1 amide bonds. The van der Waals surface area contributed by atoms with E-state index in [1.165, 1.54) is 5.56 Å². The number of nitrogens with one attached hydrogen (secondary N) is 2. The molecule has 110 valence electrons. The minimum Gasteiger partial charge on any atom is -0.324 e. The molecule has 4 N–H and O–H groups in total. The minimum atomic E-state index is -0.112. The summed E-state index contributed by atoms with van der Waals surface area (Å²) in [6.07, 6.45) is 2.17. The van der Waals surface area contributed by atoms with Crippen molar-refractivity contribution in [1.29, 1.82) is 0 Å². The number of carbonyl (C=O) groups excluding carboxylic acids is 1. The first-order valence-corrected chi connectivity index (χ1v) is 7.11. The third-order valence-corrected chi connectivity index (χ3v) is 3.39. The summed E-state index contributed by atoms with van der Waals surface area (Å²) in [4.78, 5) is 12.3. The third kappa shape index (κ3) is 3.83. The molecule has 0 heterocycles. The van der Waals surface area contributed by atoms with Gasteiger partial charge in [0, 0.05) is 16.9 Å². The van der Waals surface area contributed by atoms with Crippen molar-refractivity contribution in [3.05, 3.63) is 59.2 Å². The quantitative estimate of drug-likeness (QED) is 0.581. The van der Waals surface area contributed by atoms with Crippen molar-refractivity contribution in [2.24, 2.45) is 5.84 Å². The van der Waals surface area contributed by atoms with Crippen molar-refractivity contribution >= 4 is 17.3 Å². The van der Waals surface area contributed by atoms with Gasteiger partial charge in [0.25, 0.3) is 5.91 Å². The van der Waals surface area contributed by atoms with E-state index in [0.29, 0.717) is 5.56 Å². The van der Waals surface area contributed by atoms with Crippen LogP contribution < -0.4 is 16.6 Å². The molecule has 0 bridgehead atoms. The molecule has 0 atom stereocenters. The number of benzene rings is 2. The van der Waals surface area contributed by atoms with Crippen molar-refractivity contribution in [3.63, 3.8) is 0 Å². The van der Waals surface area contributed by atoms with Crippen LogP contribution in [0.15, 0.2) is 42.5 Å². The summed E-state index contributed by atoms with van der Waals surface area (Å²) >= 11 is 0. The van der Waals surface area contributed by atoms with E-state index < -0.39 is 0 Å². The van der Waals surface area contributed by atoms with Crippen LogP contribution in [0.1, 0.15) is 34.8 Å². The largest absolute Gasteiger partial charge is 0.324 e. The number of carbonyl (C=O) groups is 1.